The lowest BCUT2D eigenvalue weighted by Crippen LogP contribution is -2.31. The molecule has 8 nitrogen and oxygen atoms in total. The van der Waals surface area contributed by atoms with E-state index in [0.29, 0.717) is 23.4 Å². The zero-order valence-corrected chi connectivity index (χ0v) is 19.1. The number of nitrogens with zero attached hydrogens (tertiary/aromatic N) is 1. The Kier molecular flexibility index (Phi) is 7.62. The molecule has 0 unspecified atom stereocenters. The molecule has 1 amide bonds. The molecule has 30 heavy (non-hydrogen) atoms. The van der Waals surface area contributed by atoms with Crippen molar-refractivity contribution in [3.8, 4) is 0 Å². The highest BCUT2D eigenvalue weighted by Crippen LogP contribution is 2.30. The van der Waals surface area contributed by atoms with Crippen LogP contribution in [0.15, 0.2) is 47.4 Å². The highest BCUT2D eigenvalue weighted by Gasteiger charge is 2.24. The van der Waals surface area contributed by atoms with Crippen molar-refractivity contribution in [3.05, 3.63) is 59.2 Å². The second-order valence-electron chi connectivity index (χ2n) is 6.99. The number of sulfonamides is 2. The summed E-state index contributed by atoms with van der Waals surface area (Å²) in [7, 11) is -6.10. The molecule has 2 aromatic carbocycles. The predicted octanol–water partition coefficient (Wildman–Crippen LogP) is 1.68. The predicted molar refractivity (Wildman–Crippen MR) is 117 cm³/mol. The number of benzene rings is 2. The molecule has 0 heterocycles. The van der Waals surface area contributed by atoms with Crippen LogP contribution in [0.3, 0.4) is 0 Å². The first-order chi connectivity index (χ1) is 13.9. The van der Waals surface area contributed by atoms with Crippen LogP contribution >= 0.6 is 0 Å². The maximum absolute atomic E-state index is 12.7. The fourth-order valence-electron chi connectivity index (χ4n) is 3.02. The van der Waals surface area contributed by atoms with Crippen molar-refractivity contribution < 1.29 is 21.6 Å². The molecule has 0 aliphatic carbocycles. The third-order valence-corrected chi connectivity index (χ3v) is 7.44. The number of carbonyl (C=O) groups excluding carboxylic acids is 1. The minimum atomic E-state index is -3.92. The molecular weight excluding hydrogens is 426 g/mol. The first-order valence-electron chi connectivity index (χ1n) is 9.28. The quantitative estimate of drug-likeness (QED) is 0.600. The lowest BCUT2D eigenvalue weighted by atomic mass is 10.1. The summed E-state index contributed by atoms with van der Waals surface area (Å²) >= 11 is 0. The van der Waals surface area contributed by atoms with Crippen LogP contribution in [-0.4, -0.2) is 42.6 Å². The fraction of sp³-hybridized carbons (Fsp3) is 0.350. The molecule has 0 radical (unpaired) electrons. The summed E-state index contributed by atoms with van der Waals surface area (Å²) in [6, 6.07) is 12.4. The number of anilines is 1. The summed E-state index contributed by atoms with van der Waals surface area (Å²) in [4.78, 5) is 12.0. The van der Waals surface area contributed by atoms with Gasteiger partial charge in [0.25, 0.3) is 0 Å². The van der Waals surface area contributed by atoms with Gasteiger partial charge in [0.05, 0.1) is 16.8 Å². The number of aryl methyl sites for hydroxylation is 1. The lowest BCUT2D eigenvalue weighted by molar-refractivity contribution is -0.121. The van der Waals surface area contributed by atoms with Gasteiger partial charge in [-0.1, -0.05) is 36.4 Å². The summed E-state index contributed by atoms with van der Waals surface area (Å²) in [5.74, 6) is -0.278. The minimum absolute atomic E-state index is 0.0208. The Bertz CT molecular complexity index is 1110. The van der Waals surface area contributed by atoms with Crippen molar-refractivity contribution in [3.63, 3.8) is 0 Å². The van der Waals surface area contributed by atoms with E-state index in [-0.39, 0.29) is 23.8 Å². The molecule has 10 heteroatoms. The molecule has 0 atom stereocenters. The van der Waals surface area contributed by atoms with Crippen molar-refractivity contribution >= 4 is 31.6 Å². The highest BCUT2D eigenvalue weighted by atomic mass is 32.2. The van der Waals surface area contributed by atoms with Gasteiger partial charge in [0.1, 0.15) is 0 Å². The molecule has 0 fully saturated rings. The van der Waals surface area contributed by atoms with Gasteiger partial charge in [-0.2, -0.15) is 0 Å². The first kappa shape index (κ1) is 23.8. The van der Waals surface area contributed by atoms with Gasteiger partial charge >= 0.3 is 0 Å². The third-order valence-electron chi connectivity index (χ3n) is 4.66. The summed E-state index contributed by atoms with van der Waals surface area (Å²) in [6.07, 6.45) is 1.03. The fourth-order valence-corrected chi connectivity index (χ4v) is 4.91. The van der Waals surface area contributed by atoms with E-state index in [9.17, 15) is 21.6 Å². The normalized spacial score (nSPS) is 11.9. The maximum atomic E-state index is 12.7. The molecule has 0 saturated carbocycles. The first-order valence-corrected chi connectivity index (χ1v) is 12.6. The largest absolute Gasteiger partial charge is 0.352 e. The molecule has 0 spiro atoms. The number of nitrogens with one attached hydrogen (secondary N) is 2. The van der Waals surface area contributed by atoms with Crippen molar-refractivity contribution in [2.75, 3.05) is 24.2 Å². The maximum Gasteiger partial charge on any atom is 0.240 e. The van der Waals surface area contributed by atoms with Crippen molar-refractivity contribution in [1.82, 2.24) is 10.0 Å². The van der Waals surface area contributed by atoms with Crippen LogP contribution in [0.5, 0.6) is 0 Å². The summed E-state index contributed by atoms with van der Waals surface area (Å²) < 4.78 is 52.8. The highest BCUT2D eigenvalue weighted by molar-refractivity contribution is 7.92. The van der Waals surface area contributed by atoms with E-state index in [0.717, 1.165) is 16.1 Å². The third kappa shape index (κ3) is 6.04. The van der Waals surface area contributed by atoms with Crippen LogP contribution in [0.4, 0.5) is 5.69 Å². The zero-order chi connectivity index (χ0) is 22.5. The number of carbonyl (C=O) groups is 1. The molecular formula is C20H27N3O5S2. The minimum Gasteiger partial charge on any atom is -0.352 e. The molecule has 2 N–H and O–H groups in total. The van der Waals surface area contributed by atoms with Crippen LogP contribution in [0.1, 0.15) is 23.1 Å². The Morgan fingerprint density at radius 3 is 2.23 bits per heavy atom. The Labute approximate surface area is 178 Å². The van der Waals surface area contributed by atoms with Crippen LogP contribution in [0, 0.1) is 13.8 Å². The molecule has 0 bridgehead atoms. The van der Waals surface area contributed by atoms with E-state index in [4.69, 9.17) is 0 Å². The van der Waals surface area contributed by atoms with Crippen LogP contribution in [-0.2, 0) is 31.4 Å². The van der Waals surface area contributed by atoms with Gasteiger partial charge in [-0.3, -0.25) is 9.10 Å². The molecule has 164 valence electrons. The Hall–Kier alpha value is -2.43. The second kappa shape index (κ2) is 9.59. The lowest BCUT2D eigenvalue weighted by Gasteiger charge is -2.23. The number of amides is 1. The van der Waals surface area contributed by atoms with E-state index in [2.05, 4.69) is 10.0 Å². The Morgan fingerprint density at radius 1 is 1.00 bits per heavy atom. The van der Waals surface area contributed by atoms with Gasteiger partial charge in [-0.25, -0.2) is 21.6 Å². The van der Waals surface area contributed by atoms with Crippen LogP contribution in [0.2, 0.25) is 0 Å². The van der Waals surface area contributed by atoms with E-state index >= 15 is 0 Å². The average molecular weight is 454 g/mol. The van der Waals surface area contributed by atoms with Crippen LogP contribution in [0.25, 0.3) is 0 Å². The second-order valence-corrected chi connectivity index (χ2v) is 10.7. The van der Waals surface area contributed by atoms with Gasteiger partial charge in [-0.05, 0) is 36.6 Å². The van der Waals surface area contributed by atoms with E-state index in [1.165, 1.54) is 13.1 Å². The molecule has 0 aliphatic heterocycles. The SMILES string of the molecule is Cc1ccc(S(=O)(=O)NCCC(=O)NCc2ccccc2)c(C)c1N(C)S(C)(=O)=O. The van der Waals surface area contributed by atoms with Gasteiger partial charge in [0.15, 0.2) is 0 Å². The van der Waals surface area contributed by atoms with E-state index < -0.39 is 20.0 Å². The van der Waals surface area contributed by atoms with Gasteiger partial charge in [0.2, 0.25) is 26.0 Å². The smallest absolute Gasteiger partial charge is 0.240 e. The summed E-state index contributed by atoms with van der Waals surface area (Å²) in [6.45, 7) is 3.56. The zero-order valence-electron chi connectivity index (χ0n) is 17.5. The van der Waals surface area contributed by atoms with Crippen LogP contribution < -0.4 is 14.3 Å². The summed E-state index contributed by atoms with van der Waals surface area (Å²) in [5, 5.41) is 2.74. The standard InChI is InChI=1S/C20H27N3O5S2/c1-15-10-11-18(16(2)20(15)23(3)29(4,25)26)30(27,28)22-13-12-19(24)21-14-17-8-6-5-7-9-17/h5-11,22H,12-14H2,1-4H3,(H,21,24). The van der Waals surface area contributed by atoms with Crippen molar-refractivity contribution in [1.29, 1.82) is 0 Å². The average Bonchev–Trinajstić information content (AvgIpc) is 2.66. The number of hydrogen-bond acceptors (Lipinski definition) is 5. The van der Waals surface area contributed by atoms with Gasteiger partial charge in [0, 0.05) is 26.6 Å². The molecule has 2 rings (SSSR count). The van der Waals surface area contributed by atoms with E-state index in [1.807, 2.05) is 30.3 Å². The van der Waals surface area contributed by atoms with Crippen molar-refractivity contribution in [2.45, 2.75) is 31.7 Å². The number of hydrogen-bond donors (Lipinski definition) is 2. The number of rotatable bonds is 9. The van der Waals surface area contributed by atoms with Gasteiger partial charge < -0.3 is 5.32 Å². The Morgan fingerprint density at radius 2 is 1.63 bits per heavy atom. The Balaban J connectivity index is 2.06. The van der Waals surface area contributed by atoms with E-state index in [1.54, 1.807) is 19.9 Å². The molecule has 0 aliphatic rings. The van der Waals surface area contributed by atoms with Gasteiger partial charge in [-0.15, -0.1) is 0 Å². The molecule has 0 aromatic heterocycles. The monoisotopic (exact) mass is 453 g/mol. The summed E-state index contributed by atoms with van der Waals surface area (Å²) in [5.41, 5.74) is 2.23. The molecule has 0 saturated heterocycles. The molecule has 2 aromatic rings. The van der Waals surface area contributed by atoms with Crippen molar-refractivity contribution in [2.24, 2.45) is 0 Å². The topological polar surface area (TPSA) is 113 Å².